The van der Waals surface area contributed by atoms with E-state index < -0.39 is 5.24 Å². The number of benzene rings is 1. The van der Waals surface area contributed by atoms with E-state index >= 15 is 0 Å². The van der Waals surface area contributed by atoms with Gasteiger partial charge in [0.2, 0.25) is 0 Å². The summed E-state index contributed by atoms with van der Waals surface area (Å²) in [4.78, 5) is 37.4. The number of rotatable bonds is 6. The van der Waals surface area contributed by atoms with Crippen LogP contribution in [0.2, 0.25) is 0 Å². The quantitative estimate of drug-likeness (QED) is 0.551. The van der Waals surface area contributed by atoms with Crippen molar-refractivity contribution in [1.82, 2.24) is 19.8 Å². The van der Waals surface area contributed by atoms with Crippen LogP contribution in [0.1, 0.15) is 33.7 Å². The molecule has 2 aliphatic heterocycles. The molecule has 2 atom stereocenters. The summed E-state index contributed by atoms with van der Waals surface area (Å²) in [6.45, 7) is 8.27. The Kier molecular flexibility index (Phi) is 6.57. The SMILES string of the molecule is Cc1nc(SC(N)=O)nc(C)c1C(=O)N1CC2CN(CC[CH]c3ccccc3)C[C@H]2C1. The van der Waals surface area contributed by atoms with Crippen molar-refractivity contribution in [1.29, 1.82) is 0 Å². The van der Waals surface area contributed by atoms with Gasteiger partial charge in [0, 0.05) is 37.9 Å². The fourth-order valence-corrected chi connectivity index (χ4v) is 5.28. The van der Waals surface area contributed by atoms with Crippen molar-refractivity contribution >= 4 is 22.9 Å². The van der Waals surface area contributed by atoms with Gasteiger partial charge in [0.05, 0.1) is 17.0 Å². The Balaban J connectivity index is 1.31. The van der Waals surface area contributed by atoms with Crippen LogP contribution in [0, 0.1) is 32.1 Å². The van der Waals surface area contributed by atoms with E-state index in [1.165, 1.54) is 5.56 Å². The molecule has 2 aliphatic rings. The highest BCUT2D eigenvalue weighted by Gasteiger charge is 2.42. The molecule has 3 heterocycles. The van der Waals surface area contributed by atoms with Gasteiger partial charge >= 0.3 is 0 Å². The molecule has 2 aromatic rings. The zero-order valence-electron chi connectivity index (χ0n) is 18.0. The molecule has 1 aromatic carbocycles. The third kappa shape index (κ3) is 5.07. The van der Waals surface area contributed by atoms with Gasteiger partial charge in [0.15, 0.2) is 5.16 Å². The smallest absolute Gasteiger partial charge is 0.284 e. The fourth-order valence-electron chi connectivity index (χ4n) is 4.73. The molecule has 0 saturated carbocycles. The fraction of sp³-hybridized carbons (Fsp3) is 0.435. The molecular weight excluding hydrogens is 410 g/mol. The molecule has 1 unspecified atom stereocenters. The molecule has 2 fully saturated rings. The van der Waals surface area contributed by atoms with Crippen LogP contribution >= 0.6 is 11.8 Å². The van der Waals surface area contributed by atoms with Gasteiger partial charge in [-0.3, -0.25) is 9.59 Å². The van der Waals surface area contributed by atoms with Gasteiger partial charge in [0.1, 0.15) is 0 Å². The minimum atomic E-state index is -0.559. The van der Waals surface area contributed by atoms with Crippen molar-refractivity contribution in [3.63, 3.8) is 0 Å². The van der Waals surface area contributed by atoms with E-state index in [1.54, 1.807) is 13.8 Å². The van der Waals surface area contributed by atoms with E-state index in [0.717, 1.165) is 50.9 Å². The zero-order valence-corrected chi connectivity index (χ0v) is 18.8. The Labute approximate surface area is 187 Å². The average molecular weight is 439 g/mol. The number of fused-ring (bicyclic) bond motifs is 1. The molecule has 8 heteroatoms. The maximum atomic E-state index is 13.2. The lowest BCUT2D eigenvalue weighted by Crippen LogP contribution is -2.34. The average Bonchev–Trinajstić information content (AvgIpc) is 3.26. The van der Waals surface area contributed by atoms with Crippen LogP contribution < -0.4 is 5.73 Å². The van der Waals surface area contributed by atoms with Crippen LogP contribution in [-0.4, -0.2) is 63.6 Å². The molecule has 2 amide bonds. The molecule has 1 radical (unpaired) electrons. The molecule has 31 heavy (non-hydrogen) atoms. The first kappa shape index (κ1) is 21.8. The van der Waals surface area contributed by atoms with Crippen LogP contribution in [0.4, 0.5) is 4.79 Å². The predicted octanol–water partition coefficient (Wildman–Crippen LogP) is 2.91. The van der Waals surface area contributed by atoms with Gasteiger partial charge in [0.25, 0.3) is 11.1 Å². The minimum Gasteiger partial charge on any atom is -0.360 e. The summed E-state index contributed by atoms with van der Waals surface area (Å²) in [6, 6.07) is 10.4. The van der Waals surface area contributed by atoms with E-state index in [4.69, 9.17) is 5.73 Å². The number of aromatic nitrogens is 2. The second kappa shape index (κ2) is 9.36. The Morgan fingerprint density at radius 2 is 1.68 bits per heavy atom. The van der Waals surface area contributed by atoms with Crippen molar-refractivity contribution in [3.05, 3.63) is 59.3 Å². The minimum absolute atomic E-state index is 0.0102. The summed E-state index contributed by atoms with van der Waals surface area (Å²) in [5.41, 5.74) is 8.21. The van der Waals surface area contributed by atoms with E-state index in [0.29, 0.717) is 33.9 Å². The van der Waals surface area contributed by atoms with Crippen molar-refractivity contribution < 1.29 is 9.59 Å². The van der Waals surface area contributed by atoms with Crippen LogP contribution in [0.25, 0.3) is 0 Å². The lowest BCUT2D eigenvalue weighted by atomic mass is 10.0. The van der Waals surface area contributed by atoms with E-state index in [9.17, 15) is 9.59 Å². The molecule has 4 rings (SSSR count). The Morgan fingerprint density at radius 3 is 2.26 bits per heavy atom. The lowest BCUT2D eigenvalue weighted by Gasteiger charge is -2.22. The third-order valence-electron chi connectivity index (χ3n) is 6.13. The number of nitrogens with zero attached hydrogens (tertiary/aromatic N) is 4. The highest BCUT2D eigenvalue weighted by atomic mass is 32.2. The maximum absolute atomic E-state index is 13.2. The lowest BCUT2D eigenvalue weighted by molar-refractivity contribution is 0.0771. The molecule has 0 aliphatic carbocycles. The largest absolute Gasteiger partial charge is 0.360 e. The molecule has 7 nitrogen and oxygen atoms in total. The predicted molar refractivity (Wildman–Crippen MR) is 121 cm³/mol. The van der Waals surface area contributed by atoms with Gasteiger partial charge < -0.3 is 15.5 Å². The number of nitrogens with two attached hydrogens (primary N) is 1. The highest BCUT2D eigenvalue weighted by Crippen LogP contribution is 2.32. The highest BCUT2D eigenvalue weighted by molar-refractivity contribution is 8.13. The second-order valence-electron chi connectivity index (χ2n) is 8.37. The van der Waals surface area contributed by atoms with Crippen LogP contribution in [0.15, 0.2) is 35.5 Å². The van der Waals surface area contributed by atoms with Gasteiger partial charge in [-0.2, -0.15) is 0 Å². The third-order valence-corrected chi connectivity index (χ3v) is 6.70. The maximum Gasteiger partial charge on any atom is 0.284 e. The number of amides is 2. The molecule has 0 bridgehead atoms. The summed E-state index contributed by atoms with van der Waals surface area (Å²) in [7, 11) is 0. The molecular formula is C23H28N5O2S. The van der Waals surface area contributed by atoms with Crippen molar-refractivity contribution in [2.75, 3.05) is 32.7 Å². The summed E-state index contributed by atoms with van der Waals surface area (Å²) in [5.74, 6) is 1.03. The van der Waals surface area contributed by atoms with Gasteiger partial charge in [-0.1, -0.05) is 30.3 Å². The number of hydrogen-bond donors (Lipinski definition) is 1. The van der Waals surface area contributed by atoms with Crippen molar-refractivity contribution in [2.24, 2.45) is 17.6 Å². The molecule has 2 N–H and O–H groups in total. The Hall–Kier alpha value is -2.45. The number of hydrogen-bond acceptors (Lipinski definition) is 6. The summed E-state index contributed by atoms with van der Waals surface area (Å²) >= 11 is 0.782. The number of primary amides is 1. The number of likely N-dealkylation sites (tertiary alicyclic amines) is 2. The second-order valence-corrected chi connectivity index (χ2v) is 9.34. The van der Waals surface area contributed by atoms with Gasteiger partial charge in [-0.05, 0) is 50.6 Å². The summed E-state index contributed by atoms with van der Waals surface area (Å²) in [6.07, 6.45) is 3.33. The number of aryl methyl sites for hydroxylation is 2. The standard InChI is InChI=1S/C23H28N5O2S/c1-15-20(16(2)26-23(25-15)31-22(24)30)21(29)28-13-18-11-27(12-19(18)14-28)10-6-9-17-7-4-3-5-8-17/h3-5,7-9,18-19H,6,10-14H2,1-2H3,(H2,24,30)/t18-,19?/m0/s1. The Morgan fingerprint density at radius 1 is 1.06 bits per heavy atom. The Bertz CT molecular complexity index is 931. The molecule has 163 valence electrons. The van der Waals surface area contributed by atoms with Crippen molar-refractivity contribution in [3.8, 4) is 0 Å². The van der Waals surface area contributed by atoms with Crippen LogP contribution in [0.3, 0.4) is 0 Å². The first-order valence-electron chi connectivity index (χ1n) is 10.6. The first-order chi connectivity index (χ1) is 14.9. The van der Waals surface area contributed by atoms with Gasteiger partial charge in [-0.15, -0.1) is 0 Å². The molecule has 1 aromatic heterocycles. The monoisotopic (exact) mass is 438 g/mol. The summed E-state index contributed by atoms with van der Waals surface area (Å²) < 4.78 is 0. The van der Waals surface area contributed by atoms with Crippen molar-refractivity contribution in [2.45, 2.75) is 25.4 Å². The topological polar surface area (TPSA) is 92.4 Å². The number of carbonyl (C=O) groups excluding carboxylic acids is 2. The van der Waals surface area contributed by atoms with E-state index in [-0.39, 0.29) is 5.91 Å². The number of carbonyl (C=O) groups is 2. The number of thioether (sulfide) groups is 1. The van der Waals surface area contributed by atoms with E-state index in [2.05, 4.69) is 45.6 Å². The van der Waals surface area contributed by atoms with Crippen LogP contribution in [-0.2, 0) is 0 Å². The van der Waals surface area contributed by atoms with Crippen LogP contribution in [0.5, 0.6) is 0 Å². The molecule has 2 saturated heterocycles. The van der Waals surface area contributed by atoms with E-state index in [1.807, 2.05) is 11.0 Å². The first-order valence-corrected chi connectivity index (χ1v) is 11.4. The summed E-state index contributed by atoms with van der Waals surface area (Å²) in [5, 5.41) is -0.267. The zero-order chi connectivity index (χ0) is 22.0. The molecule has 0 spiro atoms. The van der Waals surface area contributed by atoms with Gasteiger partial charge in [-0.25, -0.2) is 9.97 Å². The normalized spacial score (nSPS) is 20.8.